The first-order valence-corrected chi connectivity index (χ1v) is 14.6. The van der Waals surface area contributed by atoms with E-state index in [1.54, 1.807) is 11.3 Å². The van der Waals surface area contributed by atoms with Crippen molar-refractivity contribution in [2.24, 2.45) is 18.4 Å². The number of hydrogen-bond acceptors (Lipinski definition) is 7. The van der Waals surface area contributed by atoms with Gasteiger partial charge in [0, 0.05) is 11.9 Å². The smallest absolute Gasteiger partial charge is 0.235 e. The summed E-state index contributed by atoms with van der Waals surface area (Å²) < 4.78 is 7.70. The highest BCUT2D eigenvalue weighted by atomic mass is 32.2. The monoisotopic (exact) mass is 537 g/mol. The number of benzene rings is 1. The van der Waals surface area contributed by atoms with Crippen LogP contribution in [0.1, 0.15) is 67.9 Å². The molecule has 0 fully saturated rings. The standard InChI is InChI=1S/C28H35N5O2S2/c1-6-18-8-11-20(12-9-18)35-16-24-31-32-27(33(24)5)36-17-25(34)30-26-22(15-29)21-13-10-19(14-23(21)37-26)28(3,4)7-2/h8-9,11-12,19H,6-7,10,13-14,16-17H2,1-5H3,(H,30,34). The predicted molar refractivity (Wildman–Crippen MR) is 149 cm³/mol. The molecule has 0 saturated heterocycles. The first kappa shape index (κ1) is 27.2. The van der Waals surface area contributed by atoms with Crippen molar-refractivity contribution in [3.05, 3.63) is 51.7 Å². The van der Waals surface area contributed by atoms with Crippen LogP contribution < -0.4 is 10.1 Å². The van der Waals surface area contributed by atoms with Crippen LogP contribution in [-0.4, -0.2) is 26.4 Å². The number of hydrogen-bond donors (Lipinski definition) is 1. The molecule has 0 spiro atoms. The Morgan fingerprint density at radius 3 is 2.73 bits per heavy atom. The fraction of sp³-hybridized carbons (Fsp3) is 0.500. The van der Waals surface area contributed by atoms with Crippen LogP contribution in [0.2, 0.25) is 0 Å². The van der Waals surface area contributed by atoms with E-state index < -0.39 is 0 Å². The Labute approximate surface area is 227 Å². The summed E-state index contributed by atoms with van der Waals surface area (Å²) in [6, 6.07) is 10.4. The number of ether oxygens (including phenoxy) is 1. The third-order valence-corrected chi connectivity index (χ3v) is 9.79. The number of nitriles is 1. The summed E-state index contributed by atoms with van der Waals surface area (Å²) in [6.45, 7) is 9.31. The van der Waals surface area contributed by atoms with Gasteiger partial charge in [-0.3, -0.25) is 4.79 Å². The quantitative estimate of drug-likeness (QED) is 0.311. The Balaban J connectivity index is 1.34. The lowest BCUT2D eigenvalue weighted by Gasteiger charge is -2.36. The van der Waals surface area contributed by atoms with E-state index in [0.717, 1.165) is 43.4 Å². The van der Waals surface area contributed by atoms with Crippen molar-refractivity contribution in [1.82, 2.24) is 14.8 Å². The molecule has 1 amide bonds. The minimum Gasteiger partial charge on any atom is -0.486 e. The number of carbonyl (C=O) groups is 1. The van der Waals surface area contributed by atoms with Gasteiger partial charge in [-0.15, -0.1) is 21.5 Å². The van der Waals surface area contributed by atoms with Gasteiger partial charge in [0.2, 0.25) is 5.91 Å². The number of nitrogens with one attached hydrogen (secondary N) is 1. The minimum absolute atomic E-state index is 0.151. The highest BCUT2D eigenvalue weighted by molar-refractivity contribution is 7.99. The maximum atomic E-state index is 12.8. The number of aromatic nitrogens is 3. The number of anilines is 1. The van der Waals surface area contributed by atoms with Gasteiger partial charge in [-0.2, -0.15) is 5.26 Å². The van der Waals surface area contributed by atoms with Crippen molar-refractivity contribution in [2.75, 3.05) is 11.1 Å². The zero-order valence-electron chi connectivity index (χ0n) is 22.3. The third-order valence-electron chi connectivity index (χ3n) is 7.60. The normalized spacial score (nSPS) is 15.2. The summed E-state index contributed by atoms with van der Waals surface area (Å²) >= 11 is 2.89. The molecule has 0 saturated carbocycles. The van der Waals surface area contributed by atoms with Gasteiger partial charge in [-0.1, -0.05) is 58.0 Å². The maximum absolute atomic E-state index is 12.8. The summed E-state index contributed by atoms with van der Waals surface area (Å²) in [5.74, 6) is 2.10. The van der Waals surface area contributed by atoms with Crippen LogP contribution in [-0.2, 0) is 37.7 Å². The molecule has 1 aliphatic carbocycles. The number of carbonyl (C=O) groups excluding carboxylic acids is 1. The van der Waals surface area contributed by atoms with Gasteiger partial charge in [-0.05, 0) is 60.3 Å². The highest BCUT2D eigenvalue weighted by Crippen LogP contribution is 2.45. The van der Waals surface area contributed by atoms with Crippen LogP contribution in [0.4, 0.5) is 5.00 Å². The Morgan fingerprint density at radius 1 is 1.30 bits per heavy atom. The fourth-order valence-electron chi connectivity index (χ4n) is 4.61. The van der Waals surface area contributed by atoms with Crippen molar-refractivity contribution in [2.45, 2.75) is 71.6 Å². The van der Waals surface area contributed by atoms with Gasteiger partial charge >= 0.3 is 0 Å². The Bertz CT molecular complexity index is 1290. The molecule has 1 aromatic carbocycles. The summed E-state index contributed by atoms with van der Waals surface area (Å²) in [5.41, 5.74) is 3.29. The van der Waals surface area contributed by atoms with Crippen LogP contribution in [0.15, 0.2) is 29.4 Å². The van der Waals surface area contributed by atoms with E-state index in [4.69, 9.17) is 4.74 Å². The second kappa shape index (κ2) is 11.7. The number of thiophene rings is 1. The van der Waals surface area contributed by atoms with Crippen molar-refractivity contribution in [3.63, 3.8) is 0 Å². The maximum Gasteiger partial charge on any atom is 0.235 e. The molecule has 1 N–H and O–H groups in total. The van der Waals surface area contributed by atoms with Crippen molar-refractivity contribution in [1.29, 1.82) is 5.26 Å². The largest absolute Gasteiger partial charge is 0.486 e. The summed E-state index contributed by atoms with van der Waals surface area (Å²) in [7, 11) is 1.87. The third kappa shape index (κ3) is 6.19. The number of fused-ring (bicyclic) bond motifs is 1. The fourth-order valence-corrected chi connectivity index (χ4v) is 6.63. The SMILES string of the molecule is CCc1ccc(OCc2nnc(SCC(=O)Nc3sc4c(c3C#N)CCC(C(C)(C)CC)C4)n2C)cc1. The zero-order chi connectivity index (χ0) is 26.6. The van der Waals surface area contributed by atoms with E-state index in [1.807, 2.05) is 23.7 Å². The van der Waals surface area contributed by atoms with Crippen LogP contribution in [0.5, 0.6) is 5.75 Å². The lowest BCUT2D eigenvalue weighted by molar-refractivity contribution is -0.113. The first-order valence-electron chi connectivity index (χ1n) is 12.8. The lowest BCUT2D eigenvalue weighted by atomic mass is 9.69. The van der Waals surface area contributed by atoms with Gasteiger partial charge in [0.05, 0.1) is 11.3 Å². The molecular weight excluding hydrogens is 502 g/mol. The molecule has 2 aromatic heterocycles. The number of thioether (sulfide) groups is 1. The van der Waals surface area contributed by atoms with Crippen LogP contribution in [0.25, 0.3) is 0 Å². The van der Waals surface area contributed by atoms with E-state index in [2.05, 4.69) is 61.4 Å². The lowest BCUT2D eigenvalue weighted by Crippen LogP contribution is -2.28. The van der Waals surface area contributed by atoms with Crippen molar-refractivity contribution >= 4 is 34.0 Å². The van der Waals surface area contributed by atoms with Gasteiger partial charge in [-0.25, -0.2) is 0 Å². The number of amides is 1. The number of nitrogens with zero attached hydrogens (tertiary/aromatic N) is 4. The molecule has 37 heavy (non-hydrogen) atoms. The zero-order valence-corrected chi connectivity index (χ0v) is 23.9. The average molecular weight is 538 g/mol. The summed E-state index contributed by atoms with van der Waals surface area (Å²) in [4.78, 5) is 14.1. The molecule has 3 aromatic rings. The second-order valence-electron chi connectivity index (χ2n) is 10.2. The second-order valence-corrected chi connectivity index (χ2v) is 12.2. The minimum atomic E-state index is -0.151. The van der Waals surface area contributed by atoms with E-state index >= 15 is 0 Å². The molecule has 1 unspecified atom stereocenters. The first-order chi connectivity index (χ1) is 17.7. The summed E-state index contributed by atoms with van der Waals surface area (Å²) in [5, 5.41) is 22.6. The molecule has 1 atom stereocenters. The average Bonchev–Trinajstić information content (AvgIpc) is 3.44. The Morgan fingerprint density at radius 2 is 2.05 bits per heavy atom. The topological polar surface area (TPSA) is 92.8 Å². The molecule has 196 valence electrons. The molecular formula is C28H35N5O2S2. The molecule has 2 heterocycles. The van der Waals surface area contributed by atoms with Gasteiger partial charge in [0.1, 0.15) is 23.4 Å². The van der Waals surface area contributed by atoms with E-state index in [9.17, 15) is 10.1 Å². The summed E-state index contributed by atoms with van der Waals surface area (Å²) in [6.07, 6.45) is 5.09. The van der Waals surface area contributed by atoms with Gasteiger partial charge in [0.15, 0.2) is 11.0 Å². The van der Waals surface area contributed by atoms with Gasteiger partial charge in [0.25, 0.3) is 0 Å². The molecule has 0 aliphatic heterocycles. The number of rotatable bonds is 10. The van der Waals surface area contributed by atoms with E-state index in [1.165, 1.54) is 22.2 Å². The van der Waals surface area contributed by atoms with E-state index in [0.29, 0.717) is 34.1 Å². The molecule has 1 aliphatic rings. The van der Waals surface area contributed by atoms with Crippen molar-refractivity contribution in [3.8, 4) is 11.8 Å². The van der Waals surface area contributed by atoms with Gasteiger partial charge < -0.3 is 14.6 Å². The molecule has 4 rings (SSSR count). The predicted octanol–water partition coefficient (Wildman–Crippen LogP) is 6.16. The van der Waals surface area contributed by atoms with Crippen LogP contribution in [0, 0.1) is 22.7 Å². The molecule has 0 radical (unpaired) electrons. The van der Waals surface area contributed by atoms with E-state index in [-0.39, 0.29) is 17.1 Å². The molecule has 9 heteroatoms. The molecule has 0 bridgehead atoms. The van der Waals surface area contributed by atoms with Crippen LogP contribution >= 0.6 is 23.1 Å². The Hall–Kier alpha value is -2.83. The Kier molecular flexibility index (Phi) is 8.60. The van der Waals surface area contributed by atoms with Crippen molar-refractivity contribution < 1.29 is 9.53 Å². The molecule has 7 nitrogen and oxygen atoms in total. The number of aryl methyl sites for hydroxylation is 1. The highest BCUT2D eigenvalue weighted by Gasteiger charge is 2.34. The van der Waals surface area contributed by atoms with Crippen LogP contribution in [0.3, 0.4) is 0 Å².